The molecule has 0 heterocycles. The van der Waals surface area contributed by atoms with E-state index in [2.05, 4.69) is 55.5 Å². The molecule has 1 atom stereocenters. The predicted octanol–water partition coefficient (Wildman–Crippen LogP) is 4.13. The molecule has 0 N–H and O–H groups in total. The van der Waals surface area contributed by atoms with Crippen molar-refractivity contribution in [2.75, 3.05) is 0 Å². The van der Waals surface area contributed by atoms with Gasteiger partial charge in [-0.25, -0.2) is 0 Å². The molecule has 0 amide bonds. The van der Waals surface area contributed by atoms with Gasteiger partial charge < -0.3 is 0 Å². The number of aryl methyl sites for hydroxylation is 1. The fraction of sp³-hybridized carbons (Fsp3) is 0.125. The first-order valence-corrected chi connectivity index (χ1v) is 5.76. The van der Waals surface area contributed by atoms with Crippen molar-refractivity contribution in [2.45, 2.75) is 12.8 Å². The summed E-state index contributed by atoms with van der Waals surface area (Å²) in [5, 5.41) is 0. The van der Waals surface area contributed by atoms with E-state index in [1.54, 1.807) is 0 Å². The van der Waals surface area contributed by atoms with Crippen molar-refractivity contribution in [3.05, 3.63) is 64.7 Å². The highest BCUT2D eigenvalue weighted by Crippen LogP contribution is 2.50. The van der Waals surface area contributed by atoms with Crippen LogP contribution in [0.1, 0.15) is 28.2 Å². The minimum absolute atomic E-state index is 0.515. The first kappa shape index (κ1) is 8.35. The fourth-order valence-electron chi connectivity index (χ4n) is 3.05. The second kappa shape index (κ2) is 2.65. The van der Waals surface area contributed by atoms with E-state index >= 15 is 0 Å². The Balaban J connectivity index is 2.13. The molecule has 76 valence electrons. The highest BCUT2D eigenvalue weighted by molar-refractivity contribution is 5.87. The van der Waals surface area contributed by atoms with E-state index in [0.717, 1.165) is 0 Å². The molecule has 2 aliphatic carbocycles. The van der Waals surface area contributed by atoms with Gasteiger partial charge in [0.15, 0.2) is 0 Å². The van der Waals surface area contributed by atoms with E-state index in [0.29, 0.717) is 5.92 Å². The predicted molar refractivity (Wildman–Crippen MR) is 67.5 cm³/mol. The topological polar surface area (TPSA) is 0 Å². The Morgan fingerprint density at radius 1 is 1.00 bits per heavy atom. The molecule has 0 fully saturated rings. The first-order valence-electron chi connectivity index (χ1n) is 5.76. The molecule has 0 saturated heterocycles. The van der Waals surface area contributed by atoms with Gasteiger partial charge in [-0.1, -0.05) is 54.1 Å². The van der Waals surface area contributed by atoms with Crippen molar-refractivity contribution < 1.29 is 0 Å². The van der Waals surface area contributed by atoms with Gasteiger partial charge in [0, 0.05) is 5.92 Å². The van der Waals surface area contributed by atoms with E-state index < -0.39 is 0 Å². The fourth-order valence-corrected chi connectivity index (χ4v) is 3.05. The molecular weight excluding hydrogens is 192 g/mol. The van der Waals surface area contributed by atoms with Crippen molar-refractivity contribution in [3.63, 3.8) is 0 Å². The molecule has 2 aliphatic rings. The normalized spacial score (nSPS) is 18.7. The van der Waals surface area contributed by atoms with Gasteiger partial charge in [0.1, 0.15) is 0 Å². The van der Waals surface area contributed by atoms with E-state index in [-0.39, 0.29) is 0 Å². The lowest BCUT2D eigenvalue weighted by molar-refractivity contribution is 1.09. The number of fused-ring (bicyclic) bond motifs is 3. The SMILES string of the molecule is Cc1ccc2c(c1)C1C=Cc3cccc-2c31. The van der Waals surface area contributed by atoms with Gasteiger partial charge in [-0.2, -0.15) is 0 Å². The second-order valence-electron chi connectivity index (χ2n) is 4.74. The number of hydrogen-bond donors (Lipinski definition) is 0. The van der Waals surface area contributed by atoms with E-state index in [1.165, 1.54) is 33.4 Å². The Morgan fingerprint density at radius 2 is 1.94 bits per heavy atom. The summed E-state index contributed by atoms with van der Waals surface area (Å²) >= 11 is 0. The van der Waals surface area contributed by atoms with E-state index in [4.69, 9.17) is 0 Å². The van der Waals surface area contributed by atoms with Crippen LogP contribution in [0.3, 0.4) is 0 Å². The van der Waals surface area contributed by atoms with Crippen LogP contribution in [0.5, 0.6) is 0 Å². The molecule has 2 aromatic rings. The molecule has 4 rings (SSSR count). The molecule has 16 heavy (non-hydrogen) atoms. The Morgan fingerprint density at radius 3 is 2.88 bits per heavy atom. The summed E-state index contributed by atoms with van der Waals surface area (Å²) in [5.41, 5.74) is 8.61. The molecule has 0 bridgehead atoms. The quantitative estimate of drug-likeness (QED) is 0.605. The lowest BCUT2D eigenvalue weighted by atomic mass is 9.98. The number of hydrogen-bond acceptors (Lipinski definition) is 0. The molecule has 0 radical (unpaired) electrons. The molecule has 0 saturated carbocycles. The smallest absolute Gasteiger partial charge is 0.0291 e. The summed E-state index contributed by atoms with van der Waals surface area (Å²) in [5.74, 6) is 0.515. The summed E-state index contributed by atoms with van der Waals surface area (Å²) < 4.78 is 0. The maximum absolute atomic E-state index is 2.33. The molecule has 0 aliphatic heterocycles. The van der Waals surface area contributed by atoms with Crippen LogP contribution < -0.4 is 0 Å². The molecule has 0 spiro atoms. The van der Waals surface area contributed by atoms with Crippen molar-refractivity contribution in [1.29, 1.82) is 0 Å². The Kier molecular flexibility index (Phi) is 1.38. The minimum Gasteiger partial charge on any atom is -0.0720 e. The van der Waals surface area contributed by atoms with Gasteiger partial charge in [0.25, 0.3) is 0 Å². The summed E-state index contributed by atoms with van der Waals surface area (Å²) in [4.78, 5) is 0. The Labute approximate surface area is 95.2 Å². The number of rotatable bonds is 0. The maximum Gasteiger partial charge on any atom is 0.0291 e. The Bertz CT molecular complexity index is 632. The highest BCUT2D eigenvalue weighted by atomic mass is 14.3. The summed E-state index contributed by atoms with van der Waals surface area (Å²) in [7, 11) is 0. The average molecular weight is 204 g/mol. The van der Waals surface area contributed by atoms with Crippen molar-refractivity contribution in [3.8, 4) is 11.1 Å². The van der Waals surface area contributed by atoms with Crippen LogP contribution >= 0.6 is 0 Å². The third-order valence-electron chi connectivity index (χ3n) is 3.75. The largest absolute Gasteiger partial charge is 0.0720 e. The van der Waals surface area contributed by atoms with Gasteiger partial charge >= 0.3 is 0 Å². The number of benzene rings is 2. The van der Waals surface area contributed by atoms with Gasteiger partial charge in [-0.15, -0.1) is 0 Å². The van der Waals surface area contributed by atoms with Crippen LogP contribution in [-0.4, -0.2) is 0 Å². The third-order valence-corrected chi connectivity index (χ3v) is 3.75. The van der Waals surface area contributed by atoms with Crippen LogP contribution in [0.15, 0.2) is 42.5 Å². The third kappa shape index (κ3) is 0.856. The monoisotopic (exact) mass is 204 g/mol. The first-order chi connectivity index (χ1) is 7.84. The lowest BCUT2D eigenvalue weighted by Gasteiger charge is -2.05. The zero-order valence-corrected chi connectivity index (χ0v) is 9.20. The molecule has 2 aromatic carbocycles. The molecule has 0 nitrogen and oxygen atoms in total. The molecule has 0 aromatic heterocycles. The summed E-state index contributed by atoms with van der Waals surface area (Å²) in [6.07, 6.45) is 4.59. The van der Waals surface area contributed by atoms with Gasteiger partial charge in [-0.05, 0) is 34.7 Å². The summed E-state index contributed by atoms with van der Waals surface area (Å²) in [6, 6.07) is 13.4. The molecule has 0 heteroatoms. The van der Waals surface area contributed by atoms with Crippen LogP contribution in [0.25, 0.3) is 17.2 Å². The van der Waals surface area contributed by atoms with Crippen molar-refractivity contribution in [1.82, 2.24) is 0 Å². The average Bonchev–Trinajstić information content (AvgIpc) is 2.84. The standard InChI is InChI=1S/C16H12/c1-10-5-7-12-13-4-2-3-11-6-8-14(16(11)13)15(12)9-10/h2-9,14H,1H3. The Hall–Kier alpha value is -1.82. The van der Waals surface area contributed by atoms with E-state index in [1.807, 2.05) is 0 Å². The van der Waals surface area contributed by atoms with Gasteiger partial charge in [-0.3, -0.25) is 0 Å². The van der Waals surface area contributed by atoms with Crippen LogP contribution in [0.2, 0.25) is 0 Å². The zero-order valence-electron chi connectivity index (χ0n) is 9.20. The zero-order chi connectivity index (χ0) is 10.7. The molecule has 1 unspecified atom stereocenters. The van der Waals surface area contributed by atoms with Crippen LogP contribution in [-0.2, 0) is 0 Å². The van der Waals surface area contributed by atoms with Gasteiger partial charge in [0.2, 0.25) is 0 Å². The van der Waals surface area contributed by atoms with Crippen molar-refractivity contribution >= 4 is 6.08 Å². The molecular formula is C16H12. The van der Waals surface area contributed by atoms with E-state index in [9.17, 15) is 0 Å². The number of allylic oxidation sites excluding steroid dienone is 1. The van der Waals surface area contributed by atoms with Crippen LogP contribution in [0.4, 0.5) is 0 Å². The van der Waals surface area contributed by atoms with Crippen molar-refractivity contribution in [2.24, 2.45) is 0 Å². The lowest BCUT2D eigenvalue weighted by Crippen LogP contribution is -1.89. The maximum atomic E-state index is 2.33. The summed E-state index contributed by atoms with van der Waals surface area (Å²) in [6.45, 7) is 2.17. The van der Waals surface area contributed by atoms with Gasteiger partial charge in [0.05, 0.1) is 0 Å². The minimum atomic E-state index is 0.515. The second-order valence-corrected chi connectivity index (χ2v) is 4.74. The van der Waals surface area contributed by atoms with Crippen LogP contribution in [0, 0.1) is 6.92 Å². The highest BCUT2D eigenvalue weighted by Gasteiger charge is 2.31.